The van der Waals surface area contributed by atoms with Crippen LogP contribution in [0.3, 0.4) is 0 Å². The summed E-state index contributed by atoms with van der Waals surface area (Å²) in [7, 11) is 0. The fourth-order valence-corrected chi connectivity index (χ4v) is 2.49. The summed E-state index contributed by atoms with van der Waals surface area (Å²) < 4.78 is 23.7. The van der Waals surface area contributed by atoms with Crippen molar-refractivity contribution in [1.82, 2.24) is 0 Å². The Morgan fingerprint density at radius 2 is 1.96 bits per heavy atom. The van der Waals surface area contributed by atoms with E-state index in [2.05, 4.69) is 0 Å². The molecule has 2 aromatic carbocycles. The minimum absolute atomic E-state index is 0.0973. The van der Waals surface area contributed by atoms with Gasteiger partial charge in [0.25, 0.3) is 0 Å². The van der Waals surface area contributed by atoms with Gasteiger partial charge in [0.1, 0.15) is 18.0 Å². The summed E-state index contributed by atoms with van der Waals surface area (Å²) >= 11 is 0. The number of ether oxygens (including phenoxy) is 1. The SMILES string of the molecule is Cc1ccc2c(COC(=O)c3cccc(F)c3)cc(=O)oc2c1C. The van der Waals surface area contributed by atoms with Crippen LogP contribution in [0, 0.1) is 19.7 Å². The van der Waals surface area contributed by atoms with E-state index < -0.39 is 17.4 Å². The molecular weight excluding hydrogens is 311 g/mol. The molecule has 0 atom stereocenters. The lowest BCUT2D eigenvalue weighted by Gasteiger charge is -2.10. The van der Waals surface area contributed by atoms with Crippen LogP contribution in [0.25, 0.3) is 11.0 Å². The summed E-state index contributed by atoms with van der Waals surface area (Å²) in [4.78, 5) is 23.8. The monoisotopic (exact) mass is 326 g/mol. The third-order valence-corrected chi connectivity index (χ3v) is 3.94. The molecule has 0 aliphatic rings. The first kappa shape index (κ1) is 15.9. The number of aryl methyl sites for hydroxylation is 2. The second-order valence-corrected chi connectivity index (χ2v) is 5.56. The molecule has 0 radical (unpaired) electrons. The van der Waals surface area contributed by atoms with Gasteiger partial charge in [-0.05, 0) is 43.2 Å². The van der Waals surface area contributed by atoms with Crippen LogP contribution >= 0.6 is 0 Å². The molecule has 0 spiro atoms. The highest BCUT2D eigenvalue weighted by Crippen LogP contribution is 2.24. The maximum absolute atomic E-state index is 13.2. The zero-order chi connectivity index (χ0) is 17.3. The number of benzene rings is 2. The third-order valence-electron chi connectivity index (χ3n) is 3.94. The van der Waals surface area contributed by atoms with Crippen molar-refractivity contribution in [2.24, 2.45) is 0 Å². The summed E-state index contributed by atoms with van der Waals surface area (Å²) in [6.07, 6.45) is 0. The molecule has 0 saturated carbocycles. The van der Waals surface area contributed by atoms with Gasteiger partial charge in [0.05, 0.1) is 5.56 Å². The van der Waals surface area contributed by atoms with Crippen molar-refractivity contribution >= 4 is 16.9 Å². The van der Waals surface area contributed by atoms with E-state index in [1.165, 1.54) is 24.3 Å². The third kappa shape index (κ3) is 3.06. The average Bonchev–Trinajstić information content (AvgIpc) is 2.56. The lowest BCUT2D eigenvalue weighted by atomic mass is 10.0. The molecule has 24 heavy (non-hydrogen) atoms. The normalized spacial score (nSPS) is 10.8. The van der Waals surface area contributed by atoms with Crippen LogP contribution in [0.2, 0.25) is 0 Å². The van der Waals surface area contributed by atoms with E-state index >= 15 is 0 Å². The standard InChI is InChI=1S/C19H15FO4/c1-11-6-7-16-14(9-17(21)24-18(16)12(11)2)10-23-19(22)13-4-3-5-15(20)8-13/h3-9H,10H2,1-2H3. The van der Waals surface area contributed by atoms with Crippen molar-refractivity contribution in [3.05, 3.63) is 81.0 Å². The van der Waals surface area contributed by atoms with Crippen LogP contribution in [-0.4, -0.2) is 5.97 Å². The van der Waals surface area contributed by atoms with Crippen molar-refractivity contribution < 1.29 is 18.3 Å². The Bertz CT molecular complexity index is 988. The second-order valence-electron chi connectivity index (χ2n) is 5.56. The van der Waals surface area contributed by atoms with E-state index in [1.807, 2.05) is 26.0 Å². The Morgan fingerprint density at radius 1 is 1.17 bits per heavy atom. The van der Waals surface area contributed by atoms with Gasteiger partial charge < -0.3 is 9.15 Å². The van der Waals surface area contributed by atoms with Gasteiger partial charge in [-0.2, -0.15) is 0 Å². The molecule has 1 heterocycles. The van der Waals surface area contributed by atoms with Crippen LogP contribution < -0.4 is 5.63 Å². The highest BCUT2D eigenvalue weighted by molar-refractivity contribution is 5.89. The minimum atomic E-state index is -0.653. The molecular formula is C19H15FO4. The van der Waals surface area contributed by atoms with Crippen molar-refractivity contribution in [2.75, 3.05) is 0 Å². The van der Waals surface area contributed by atoms with Crippen molar-refractivity contribution in [3.8, 4) is 0 Å². The number of esters is 1. The van der Waals surface area contributed by atoms with Gasteiger partial charge in [-0.1, -0.05) is 18.2 Å². The first-order chi connectivity index (χ1) is 11.5. The quantitative estimate of drug-likeness (QED) is 0.541. The summed E-state index contributed by atoms with van der Waals surface area (Å²) in [6, 6.07) is 10.3. The largest absolute Gasteiger partial charge is 0.457 e. The van der Waals surface area contributed by atoms with Gasteiger partial charge in [-0.3, -0.25) is 0 Å². The zero-order valence-electron chi connectivity index (χ0n) is 13.3. The number of hydrogen-bond acceptors (Lipinski definition) is 4. The predicted octanol–water partition coefficient (Wildman–Crippen LogP) is 3.91. The van der Waals surface area contributed by atoms with Crippen molar-refractivity contribution in [2.45, 2.75) is 20.5 Å². The molecule has 1 aromatic heterocycles. The summed E-state index contributed by atoms with van der Waals surface area (Å²) in [6.45, 7) is 3.69. The Balaban J connectivity index is 1.92. The maximum Gasteiger partial charge on any atom is 0.338 e. The second kappa shape index (κ2) is 6.28. The molecule has 3 rings (SSSR count). The van der Waals surface area contributed by atoms with Crippen LogP contribution in [-0.2, 0) is 11.3 Å². The van der Waals surface area contributed by atoms with Gasteiger partial charge in [-0.25, -0.2) is 14.0 Å². The number of halogens is 1. The first-order valence-corrected chi connectivity index (χ1v) is 7.41. The van der Waals surface area contributed by atoms with E-state index in [-0.39, 0.29) is 12.2 Å². The van der Waals surface area contributed by atoms with Crippen LogP contribution in [0.15, 0.2) is 51.7 Å². The van der Waals surface area contributed by atoms with Gasteiger partial charge in [0, 0.05) is 17.0 Å². The number of carbonyl (C=O) groups excluding carboxylic acids is 1. The summed E-state index contributed by atoms with van der Waals surface area (Å²) in [5, 5.41) is 0.713. The molecule has 0 amide bonds. The molecule has 3 aromatic rings. The van der Waals surface area contributed by atoms with E-state index in [4.69, 9.17) is 9.15 Å². The average molecular weight is 326 g/mol. The van der Waals surface area contributed by atoms with E-state index in [9.17, 15) is 14.0 Å². The van der Waals surface area contributed by atoms with Crippen molar-refractivity contribution in [3.63, 3.8) is 0 Å². The van der Waals surface area contributed by atoms with Crippen LogP contribution in [0.5, 0.6) is 0 Å². The summed E-state index contributed by atoms with van der Waals surface area (Å²) in [5.41, 5.74) is 2.51. The lowest BCUT2D eigenvalue weighted by molar-refractivity contribution is 0.0473. The van der Waals surface area contributed by atoms with Gasteiger partial charge >= 0.3 is 11.6 Å². The molecule has 122 valence electrons. The highest BCUT2D eigenvalue weighted by atomic mass is 19.1. The van der Waals surface area contributed by atoms with Gasteiger partial charge in [0.2, 0.25) is 0 Å². The van der Waals surface area contributed by atoms with Gasteiger partial charge in [-0.15, -0.1) is 0 Å². The Labute approximate surface area is 137 Å². The zero-order valence-corrected chi connectivity index (χ0v) is 13.3. The van der Waals surface area contributed by atoms with Crippen LogP contribution in [0.1, 0.15) is 27.0 Å². The Morgan fingerprint density at radius 3 is 2.71 bits per heavy atom. The predicted molar refractivity (Wildman–Crippen MR) is 87.5 cm³/mol. The summed E-state index contributed by atoms with van der Waals surface area (Å²) in [5.74, 6) is -1.17. The van der Waals surface area contributed by atoms with Gasteiger partial charge in [0.15, 0.2) is 0 Å². The smallest absolute Gasteiger partial charge is 0.338 e. The Hall–Kier alpha value is -2.95. The fourth-order valence-electron chi connectivity index (χ4n) is 2.49. The molecule has 0 saturated heterocycles. The topological polar surface area (TPSA) is 56.5 Å². The minimum Gasteiger partial charge on any atom is -0.457 e. The highest BCUT2D eigenvalue weighted by Gasteiger charge is 2.13. The maximum atomic E-state index is 13.2. The molecule has 4 nitrogen and oxygen atoms in total. The molecule has 5 heteroatoms. The van der Waals surface area contributed by atoms with E-state index in [1.54, 1.807) is 0 Å². The van der Waals surface area contributed by atoms with Crippen molar-refractivity contribution in [1.29, 1.82) is 0 Å². The number of hydrogen-bond donors (Lipinski definition) is 0. The Kier molecular flexibility index (Phi) is 4.16. The molecule has 0 bridgehead atoms. The number of rotatable bonds is 3. The molecule has 0 N–H and O–H groups in total. The molecule has 0 unspecified atom stereocenters. The number of carbonyl (C=O) groups is 1. The van der Waals surface area contributed by atoms with E-state index in [0.29, 0.717) is 16.5 Å². The van der Waals surface area contributed by atoms with E-state index in [0.717, 1.165) is 17.2 Å². The number of fused-ring (bicyclic) bond motifs is 1. The first-order valence-electron chi connectivity index (χ1n) is 7.41. The van der Waals surface area contributed by atoms with Crippen LogP contribution in [0.4, 0.5) is 4.39 Å². The fraction of sp³-hybridized carbons (Fsp3) is 0.158. The molecule has 0 fully saturated rings. The lowest BCUT2D eigenvalue weighted by Crippen LogP contribution is -2.08. The molecule has 0 aliphatic heterocycles. The molecule has 0 aliphatic carbocycles.